The zero-order valence-corrected chi connectivity index (χ0v) is 14.2. The molecule has 0 radical (unpaired) electrons. The quantitative estimate of drug-likeness (QED) is 0.495. The zero-order chi connectivity index (χ0) is 17.4. The van der Waals surface area contributed by atoms with Crippen molar-refractivity contribution in [2.75, 3.05) is 19.0 Å². The number of carbonyl (C=O) groups excluding carboxylic acids is 2. The normalized spacial score (nSPS) is 13.8. The summed E-state index contributed by atoms with van der Waals surface area (Å²) in [6.45, 7) is 3.80. The molecule has 1 aliphatic heterocycles. The van der Waals surface area contributed by atoms with Crippen molar-refractivity contribution in [2.45, 2.75) is 13.8 Å². The van der Waals surface area contributed by atoms with Gasteiger partial charge < -0.3 is 4.90 Å². The van der Waals surface area contributed by atoms with Crippen molar-refractivity contribution in [1.82, 2.24) is 4.90 Å². The number of hydrogen-bond acceptors (Lipinski definition) is 3. The Morgan fingerprint density at radius 3 is 2.08 bits per heavy atom. The first-order valence-electron chi connectivity index (χ1n) is 7.70. The van der Waals surface area contributed by atoms with Crippen LogP contribution >= 0.6 is 0 Å². The molecule has 0 saturated carbocycles. The van der Waals surface area contributed by atoms with Gasteiger partial charge >= 0.3 is 0 Å². The standard InChI is InChI=1S/C19H19N3O2/c1-12-10-17(13(2)9-16(12)20-11-21(3)4)22-18(23)14-7-5-6-8-15(14)19(22)24/h5-11H,1-4H3. The number of amides is 2. The monoisotopic (exact) mass is 321 g/mol. The van der Waals surface area contributed by atoms with Gasteiger partial charge in [-0.05, 0) is 49.2 Å². The summed E-state index contributed by atoms with van der Waals surface area (Å²) in [6, 6.07) is 10.7. The maximum atomic E-state index is 12.6. The molecule has 0 unspecified atom stereocenters. The van der Waals surface area contributed by atoms with Gasteiger partial charge in [0.25, 0.3) is 11.8 Å². The molecular weight excluding hydrogens is 302 g/mol. The average Bonchev–Trinajstić information content (AvgIpc) is 2.80. The highest BCUT2D eigenvalue weighted by Gasteiger charge is 2.37. The number of hydrogen-bond donors (Lipinski definition) is 0. The minimum absolute atomic E-state index is 0.275. The Bertz CT molecular complexity index is 834. The van der Waals surface area contributed by atoms with Gasteiger partial charge in [-0.3, -0.25) is 9.59 Å². The van der Waals surface area contributed by atoms with Crippen molar-refractivity contribution in [3.8, 4) is 0 Å². The van der Waals surface area contributed by atoms with Gasteiger partial charge in [-0.1, -0.05) is 12.1 Å². The topological polar surface area (TPSA) is 53.0 Å². The second kappa shape index (κ2) is 5.92. The number of imide groups is 1. The lowest BCUT2D eigenvalue weighted by Gasteiger charge is -2.18. The molecule has 24 heavy (non-hydrogen) atoms. The molecule has 1 heterocycles. The third-order valence-corrected chi connectivity index (χ3v) is 3.98. The van der Waals surface area contributed by atoms with E-state index in [1.807, 2.05) is 45.0 Å². The van der Waals surface area contributed by atoms with Crippen molar-refractivity contribution in [2.24, 2.45) is 4.99 Å². The van der Waals surface area contributed by atoms with Crippen LogP contribution in [0, 0.1) is 13.8 Å². The summed E-state index contributed by atoms with van der Waals surface area (Å²) in [4.78, 5) is 32.8. The fourth-order valence-electron chi connectivity index (χ4n) is 2.75. The second-order valence-corrected chi connectivity index (χ2v) is 6.12. The van der Waals surface area contributed by atoms with Crippen LogP contribution < -0.4 is 4.90 Å². The first-order valence-corrected chi connectivity index (χ1v) is 7.70. The van der Waals surface area contributed by atoms with Gasteiger partial charge in [0.2, 0.25) is 0 Å². The van der Waals surface area contributed by atoms with Crippen molar-refractivity contribution in [3.63, 3.8) is 0 Å². The molecule has 0 bridgehead atoms. The Balaban J connectivity index is 2.04. The molecule has 3 rings (SSSR count). The molecule has 2 amide bonds. The Morgan fingerprint density at radius 1 is 0.958 bits per heavy atom. The average molecular weight is 321 g/mol. The van der Waals surface area contributed by atoms with E-state index in [0.717, 1.165) is 16.8 Å². The summed E-state index contributed by atoms with van der Waals surface area (Å²) < 4.78 is 0. The van der Waals surface area contributed by atoms with Gasteiger partial charge in [-0.2, -0.15) is 0 Å². The molecule has 0 aromatic heterocycles. The maximum absolute atomic E-state index is 12.6. The van der Waals surface area contributed by atoms with Gasteiger partial charge in [0.1, 0.15) is 0 Å². The highest BCUT2D eigenvalue weighted by molar-refractivity contribution is 6.34. The summed E-state index contributed by atoms with van der Waals surface area (Å²) in [5.41, 5.74) is 4.08. The number of rotatable bonds is 3. The van der Waals surface area contributed by atoms with E-state index in [9.17, 15) is 9.59 Å². The van der Waals surface area contributed by atoms with Gasteiger partial charge in [-0.25, -0.2) is 9.89 Å². The number of nitrogens with zero attached hydrogens (tertiary/aromatic N) is 3. The molecule has 122 valence electrons. The van der Waals surface area contributed by atoms with Gasteiger partial charge in [0.15, 0.2) is 0 Å². The van der Waals surface area contributed by atoms with Crippen molar-refractivity contribution in [1.29, 1.82) is 0 Å². The van der Waals surface area contributed by atoms with Crippen LogP contribution in [0.2, 0.25) is 0 Å². The molecule has 0 atom stereocenters. The fourth-order valence-corrected chi connectivity index (χ4v) is 2.75. The van der Waals surface area contributed by atoms with Crippen LogP contribution in [0.5, 0.6) is 0 Å². The van der Waals surface area contributed by atoms with Crippen LogP contribution in [-0.4, -0.2) is 37.1 Å². The molecule has 5 nitrogen and oxygen atoms in total. The molecule has 0 fully saturated rings. The lowest BCUT2D eigenvalue weighted by atomic mass is 10.1. The number of anilines is 1. The molecule has 1 aliphatic rings. The number of fused-ring (bicyclic) bond motifs is 1. The summed E-state index contributed by atoms with van der Waals surface area (Å²) in [6.07, 6.45) is 1.73. The van der Waals surface area contributed by atoms with E-state index in [2.05, 4.69) is 4.99 Å². The Labute approximate surface area is 141 Å². The molecule has 0 aliphatic carbocycles. The fraction of sp³-hybridized carbons (Fsp3) is 0.211. The summed E-state index contributed by atoms with van der Waals surface area (Å²) in [7, 11) is 3.80. The van der Waals surface area contributed by atoms with Crippen LogP contribution in [0.4, 0.5) is 11.4 Å². The first kappa shape index (κ1) is 15.9. The molecule has 0 saturated heterocycles. The first-order chi connectivity index (χ1) is 11.4. The van der Waals surface area contributed by atoms with Crippen molar-refractivity contribution in [3.05, 3.63) is 58.7 Å². The van der Waals surface area contributed by atoms with Gasteiger partial charge in [0, 0.05) is 14.1 Å². The van der Waals surface area contributed by atoms with E-state index in [0.29, 0.717) is 16.8 Å². The van der Waals surface area contributed by atoms with Gasteiger partial charge in [-0.15, -0.1) is 0 Å². The van der Waals surface area contributed by atoms with E-state index >= 15 is 0 Å². The van der Waals surface area contributed by atoms with E-state index < -0.39 is 0 Å². The lowest BCUT2D eigenvalue weighted by molar-refractivity contribution is 0.0926. The molecule has 0 N–H and O–H groups in total. The van der Waals surface area contributed by atoms with Crippen LogP contribution in [0.15, 0.2) is 41.4 Å². The molecule has 2 aromatic carbocycles. The molecular formula is C19H19N3O2. The van der Waals surface area contributed by atoms with Crippen LogP contribution in [0.25, 0.3) is 0 Å². The molecule has 2 aromatic rings. The number of aliphatic imine (C=N–C) groups is 1. The predicted octanol–water partition coefficient (Wildman–Crippen LogP) is 3.33. The minimum Gasteiger partial charge on any atom is -0.369 e. The minimum atomic E-state index is -0.275. The zero-order valence-electron chi connectivity index (χ0n) is 14.2. The molecule has 5 heteroatoms. The van der Waals surface area contributed by atoms with E-state index in [1.54, 1.807) is 30.6 Å². The van der Waals surface area contributed by atoms with Crippen LogP contribution in [-0.2, 0) is 0 Å². The Morgan fingerprint density at radius 2 is 1.54 bits per heavy atom. The number of benzene rings is 2. The number of aryl methyl sites for hydroxylation is 2. The third kappa shape index (κ3) is 2.58. The highest BCUT2D eigenvalue weighted by atomic mass is 16.2. The predicted molar refractivity (Wildman–Crippen MR) is 95.3 cm³/mol. The van der Waals surface area contributed by atoms with E-state index in [4.69, 9.17) is 0 Å². The largest absolute Gasteiger partial charge is 0.369 e. The smallest absolute Gasteiger partial charge is 0.266 e. The summed E-state index contributed by atoms with van der Waals surface area (Å²) in [5, 5.41) is 0. The van der Waals surface area contributed by atoms with Crippen molar-refractivity contribution < 1.29 is 9.59 Å². The second-order valence-electron chi connectivity index (χ2n) is 6.12. The third-order valence-electron chi connectivity index (χ3n) is 3.98. The Kier molecular flexibility index (Phi) is 3.93. The number of carbonyl (C=O) groups is 2. The SMILES string of the molecule is Cc1cc(N2C(=O)c3ccccc3C2=O)c(C)cc1N=CN(C)C. The van der Waals surface area contributed by atoms with Crippen molar-refractivity contribution >= 4 is 29.5 Å². The van der Waals surface area contributed by atoms with Gasteiger partial charge in [0.05, 0.1) is 28.8 Å². The Hall–Kier alpha value is -2.95. The summed E-state index contributed by atoms with van der Waals surface area (Å²) in [5.74, 6) is -0.551. The van der Waals surface area contributed by atoms with Crippen LogP contribution in [0.1, 0.15) is 31.8 Å². The summed E-state index contributed by atoms with van der Waals surface area (Å²) >= 11 is 0. The highest BCUT2D eigenvalue weighted by Crippen LogP contribution is 2.34. The lowest BCUT2D eigenvalue weighted by Crippen LogP contribution is -2.30. The van der Waals surface area contributed by atoms with E-state index in [1.165, 1.54) is 4.90 Å². The molecule has 0 spiro atoms. The van der Waals surface area contributed by atoms with Crippen LogP contribution in [0.3, 0.4) is 0 Å². The maximum Gasteiger partial charge on any atom is 0.266 e. The van der Waals surface area contributed by atoms with E-state index in [-0.39, 0.29) is 11.8 Å².